The number of ether oxygens (including phenoxy) is 1. The Hall–Kier alpha value is -0.120. The van der Waals surface area contributed by atoms with Crippen LogP contribution in [-0.2, 0) is 4.74 Å². The van der Waals surface area contributed by atoms with Gasteiger partial charge in [0.15, 0.2) is 0 Å². The molecular weight excluding hydrogens is 224 g/mol. The molecular formula is C15H28N2O. The van der Waals surface area contributed by atoms with Gasteiger partial charge in [-0.3, -0.25) is 4.90 Å². The largest absolute Gasteiger partial charge is 0.372 e. The van der Waals surface area contributed by atoms with Crippen LogP contribution in [0.4, 0.5) is 0 Å². The van der Waals surface area contributed by atoms with E-state index in [4.69, 9.17) is 4.74 Å². The summed E-state index contributed by atoms with van der Waals surface area (Å²) in [7, 11) is 0. The Kier molecular flexibility index (Phi) is 4.22. The van der Waals surface area contributed by atoms with E-state index in [1.54, 1.807) is 0 Å². The van der Waals surface area contributed by atoms with Gasteiger partial charge in [0.1, 0.15) is 0 Å². The van der Waals surface area contributed by atoms with Gasteiger partial charge in [-0.05, 0) is 32.6 Å². The Morgan fingerprint density at radius 1 is 1.06 bits per heavy atom. The lowest BCUT2D eigenvalue weighted by Gasteiger charge is -2.37. The fourth-order valence-electron chi connectivity index (χ4n) is 3.78. The third-order valence-electron chi connectivity index (χ3n) is 5.00. The number of likely N-dealkylation sites (tertiary alicyclic amines) is 1. The highest BCUT2D eigenvalue weighted by atomic mass is 16.5. The zero-order valence-corrected chi connectivity index (χ0v) is 11.7. The molecule has 0 radical (unpaired) electrons. The summed E-state index contributed by atoms with van der Waals surface area (Å²) in [5.41, 5.74) is 0. The van der Waals surface area contributed by atoms with Gasteiger partial charge < -0.3 is 10.1 Å². The average Bonchev–Trinajstić information content (AvgIpc) is 2.76. The van der Waals surface area contributed by atoms with E-state index >= 15 is 0 Å². The maximum Gasteiger partial charge on any atom is 0.0707 e. The van der Waals surface area contributed by atoms with Crippen LogP contribution in [0, 0.1) is 0 Å². The number of morpholine rings is 1. The molecule has 2 saturated heterocycles. The summed E-state index contributed by atoms with van der Waals surface area (Å²) >= 11 is 0. The monoisotopic (exact) mass is 252 g/mol. The quantitative estimate of drug-likeness (QED) is 0.830. The molecule has 2 aliphatic heterocycles. The predicted octanol–water partition coefficient (Wildman–Crippen LogP) is 2.16. The van der Waals surface area contributed by atoms with Gasteiger partial charge in [0.2, 0.25) is 0 Å². The molecule has 18 heavy (non-hydrogen) atoms. The standard InChI is InChI=1S/C15H28N2O/c1-12(9-16-13-5-3-2-4-6-13)17-10-14-7-8-15(11-17)18-14/h12-16H,2-11H2,1H3. The Bertz CT molecular complexity index is 253. The van der Waals surface area contributed by atoms with Crippen LogP contribution in [0.1, 0.15) is 51.9 Å². The Balaban J connectivity index is 1.42. The van der Waals surface area contributed by atoms with Gasteiger partial charge in [-0.2, -0.15) is 0 Å². The maximum atomic E-state index is 5.91. The zero-order chi connectivity index (χ0) is 12.4. The normalized spacial score (nSPS) is 35.8. The van der Waals surface area contributed by atoms with Gasteiger partial charge in [0.05, 0.1) is 12.2 Å². The predicted molar refractivity (Wildman–Crippen MR) is 73.8 cm³/mol. The molecule has 1 saturated carbocycles. The maximum absolute atomic E-state index is 5.91. The highest BCUT2D eigenvalue weighted by Gasteiger charge is 2.35. The molecule has 3 aliphatic rings. The Labute approximate surface area is 111 Å². The third-order valence-corrected chi connectivity index (χ3v) is 5.00. The third kappa shape index (κ3) is 3.06. The first kappa shape index (κ1) is 12.9. The van der Waals surface area contributed by atoms with Gasteiger partial charge in [0.25, 0.3) is 0 Å². The molecule has 0 aromatic carbocycles. The molecule has 3 nitrogen and oxygen atoms in total. The van der Waals surface area contributed by atoms with Crippen molar-refractivity contribution in [3.05, 3.63) is 0 Å². The molecule has 2 heterocycles. The van der Waals surface area contributed by atoms with Gasteiger partial charge in [0, 0.05) is 31.7 Å². The number of hydrogen-bond donors (Lipinski definition) is 1. The summed E-state index contributed by atoms with van der Waals surface area (Å²) in [6.07, 6.45) is 10.7. The zero-order valence-electron chi connectivity index (χ0n) is 11.7. The molecule has 3 unspecified atom stereocenters. The molecule has 0 aromatic heterocycles. The molecule has 1 N–H and O–H groups in total. The van der Waals surface area contributed by atoms with E-state index in [1.165, 1.54) is 44.9 Å². The first-order chi connectivity index (χ1) is 8.81. The molecule has 2 bridgehead atoms. The first-order valence-corrected chi connectivity index (χ1v) is 7.94. The van der Waals surface area contributed by atoms with Gasteiger partial charge in [-0.1, -0.05) is 19.3 Å². The van der Waals surface area contributed by atoms with Crippen LogP contribution in [0.5, 0.6) is 0 Å². The van der Waals surface area contributed by atoms with Crippen molar-refractivity contribution in [2.45, 2.75) is 76.2 Å². The van der Waals surface area contributed by atoms with Gasteiger partial charge in [-0.15, -0.1) is 0 Å². The van der Waals surface area contributed by atoms with E-state index in [2.05, 4.69) is 17.1 Å². The lowest BCUT2D eigenvalue weighted by atomic mass is 9.95. The van der Waals surface area contributed by atoms with Crippen molar-refractivity contribution < 1.29 is 4.74 Å². The molecule has 3 rings (SSSR count). The van der Waals surface area contributed by atoms with E-state index in [0.29, 0.717) is 18.2 Å². The second kappa shape index (κ2) is 5.89. The summed E-state index contributed by atoms with van der Waals surface area (Å²) in [4.78, 5) is 2.64. The minimum absolute atomic E-state index is 0.529. The number of nitrogens with one attached hydrogen (secondary N) is 1. The summed E-state index contributed by atoms with van der Waals surface area (Å²) in [5.74, 6) is 0. The number of fused-ring (bicyclic) bond motifs is 2. The molecule has 1 aliphatic carbocycles. The number of hydrogen-bond acceptors (Lipinski definition) is 3. The lowest BCUT2D eigenvalue weighted by Crippen LogP contribution is -2.51. The first-order valence-electron chi connectivity index (χ1n) is 7.94. The minimum atomic E-state index is 0.529. The van der Waals surface area contributed by atoms with Crippen molar-refractivity contribution in [2.24, 2.45) is 0 Å². The molecule has 0 amide bonds. The van der Waals surface area contributed by atoms with Crippen molar-refractivity contribution in [1.29, 1.82) is 0 Å². The van der Waals surface area contributed by atoms with Crippen molar-refractivity contribution in [2.75, 3.05) is 19.6 Å². The molecule has 3 atom stereocenters. The second-order valence-electron chi connectivity index (χ2n) is 6.50. The van der Waals surface area contributed by atoms with Crippen LogP contribution in [0.15, 0.2) is 0 Å². The molecule has 0 aromatic rings. The van der Waals surface area contributed by atoms with Gasteiger partial charge >= 0.3 is 0 Å². The summed E-state index contributed by atoms with van der Waals surface area (Å²) in [6.45, 7) is 5.85. The van der Waals surface area contributed by atoms with Crippen LogP contribution in [-0.4, -0.2) is 48.8 Å². The SMILES string of the molecule is CC(CNC1CCCCC1)N1CC2CCC(C1)O2. The molecule has 104 valence electrons. The van der Waals surface area contributed by atoms with E-state index in [0.717, 1.165) is 25.7 Å². The lowest BCUT2D eigenvalue weighted by molar-refractivity contribution is -0.0503. The summed E-state index contributed by atoms with van der Waals surface area (Å²) < 4.78 is 5.91. The Morgan fingerprint density at radius 3 is 2.39 bits per heavy atom. The molecule has 3 fully saturated rings. The smallest absolute Gasteiger partial charge is 0.0707 e. The fraction of sp³-hybridized carbons (Fsp3) is 1.00. The van der Waals surface area contributed by atoms with Crippen LogP contribution in [0.2, 0.25) is 0 Å². The average molecular weight is 252 g/mol. The van der Waals surface area contributed by atoms with Crippen molar-refractivity contribution in [1.82, 2.24) is 10.2 Å². The molecule has 3 heteroatoms. The summed E-state index contributed by atoms with van der Waals surface area (Å²) in [5, 5.41) is 3.79. The van der Waals surface area contributed by atoms with E-state index in [9.17, 15) is 0 Å². The highest BCUT2D eigenvalue weighted by molar-refractivity contribution is 4.88. The van der Waals surface area contributed by atoms with E-state index in [-0.39, 0.29) is 0 Å². The van der Waals surface area contributed by atoms with Gasteiger partial charge in [-0.25, -0.2) is 0 Å². The van der Waals surface area contributed by atoms with Crippen molar-refractivity contribution in [3.63, 3.8) is 0 Å². The molecule has 0 spiro atoms. The van der Waals surface area contributed by atoms with Crippen LogP contribution >= 0.6 is 0 Å². The summed E-state index contributed by atoms with van der Waals surface area (Å²) in [6, 6.07) is 1.46. The van der Waals surface area contributed by atoms with E-state index < -0.39 is 0 Å². The van der Waals surface area contributed by atoms with Crippen molar-refractivity contribution in [3.8, 4) is 0 Å². The topological polar surface area (TPSA) is 24.5 Å². The van der Waals surface area contributed by atoms with Crippen LogP contribution in [0.25, 0.3) is 0 Å². The van der Waals surface area contributed by atoms with Crippen LogP contribution < -0.4 is 5.32 Å². The van der Waals surface area contributed by atoms with Crippen LogP contribution in [0.3, 0.4) is 0 Å². The Morgan fingerprint density at radius 2 is 1.72 bits per heavy atom. The second-order valence-corrected chi connectivity index (χ2v) is 6.50. The minimum Gasteiger partial charge on any atom is -0.372 e. The van der Waals surface area contributed by atoms with E-state index in [1.807, 2.05) is 0 Å². The number of nitrogens with zero attached hydrogens (tertiary/aromatic N) is 1. The van der Waals surface area contributed by atoms with Crippen molar-refractivity contribution >= 4 is 0 Å². The number of rotatable bonds is 4. The highest BCUT2D eigenvalue weighted by Crippen LogP contribution is 2.27. The fourth-order valence-corrected chi connectivity index (χ4v) is 3.78.